The second kappa shape index (κ2) is 13.1. The van der Waals surface area contributed by atoms with Crippen molar-refractivity contribution in [1.82, 2.24) is 5.32 Å². The number of ether oxygens (including phenoxy) is 1. The molecule has 3 aromatic rings. The number of amides is 1. The summed E-state index contributed by atoms with van der Waals surface area (Å²) in [6, 6.07) is 21.4. The van der Waals surface area contributed by atoms with Gasteiger partial charge < -0.3 is 20.3 Å². The summed E-state index contributed by atoms with van der Waals surface area (Å²) in [7, 11) is 0. The summed E-state index contributed by atoms with van der Waals surface area (Å²) in [5, 5.41) is 21.5. The van der Waals surface area contributed by atoms with Crippen molar-refractivity contribution < 1.29 is 24.5 Å². The van der Waals surface area contributed by atoms with Crippen molar-refractivity contribution in [2.45, 2.75) is 59.2 Å². The van der Waals surface area contributed by atoms with Crippen LogP contribution in [0.4, 0.5) is 0 Å². The Labute approximate surface area is 219 Å². The number of carbonyl (C=O) groups is 2. The Morgan fingerprint density at radius 1 is 0.892 bits per heavy atom. The molecule has 0 aliphatic rings. The third-order valence-corrected chi connectivity index (χ3v) is 6.27. The maximum absolute atomic E-state index is 12.3. The van der Waals surface area contributed by atoms with E-state index in [1.54, 1.807) is 12.1 Å². The summed E-state index contributed by atoms with van der Waals surface area (Å²) in [6.07, 6.45) is 0.426. The molecular weight excluding hydrogens is 466 g/mol. The Bertz CT molecular complexity index is 1180. The molecule has 0 fully saturated rings. The van der Waals surface area contributed by atoms with E-state index in [4.69, 9.17) is 9.84 Å². The van der Waals surface area contributed by atoms with E-state index in [0.29, 0.717) is 23.1 Å². The second-order valence-electron chi connectivity index (χ2n) is 10.0. The van der Waals surface area contributed by atoms with Gasteiger partial charge in [-0.05, 0) is 70.3 Å². The number of nitrogens with one attached hydrogen (secondary N) is 1. The summed E-state index contributed by atoms with van der Waals surface area (Å²) in [5.74, 6) is 0.248. The number of aliphatic carboxylic acids is 1. The second-order valence-corrected chi connectivity index (χ2v) is 10.0. The van der Waals surface area contributed by atoms with Crippen LogP contribution in [0.3, 0.4) is 0 Å². The lowest BCUT2D eigenvalue weighted by Gasteiger charge is -2.22. The fourth-order valence-corrected chi connectivity index (χ4v) is 4.18. The van der Waals surface area contributed by atoms with Crippen LogP contribution < -0.4 is 10.1 Å². The zero-order valence-corrected chi connectivity index (χ0v) is 22.0. The van der Waals surface area contributed by atoms with Gasteiger partial charge >= 0.3 is 5.97 Å². The molecule has 0 spiro atoms. The average Bonchev–Trinajstić information content (AvgIpc) is 2.88. The van der Waals surface area contributed by atoms with Gasteiger partial charge in [-0.15, -0.1) is 0 Å². The quantitative estimate of drug-likeness (QED) is 0.268. The summed E-state index contributed by atoms with van der Waals surface area (Å²) in [4.78, 5) is 22.9. The van der Waals surface area contributed by atoms with Gasteiger partial charge in [-0.1, -0.05) is 70.2 Å². The van der Waals surface area contributed by atoms with Gasteiger partial charge in [0.2, 0.25) is 0 Å². The monoisotopic (exact) mass is 503 g/mol. The van der Waals surface area contributed by atoms with Crippen molar-refractivity contribution in [2.24, 2.45) is 5.92 Å². The molecule has 3 N–H and O–H groups in total. The van der Waals surface area contributed by atoms with Crippen LogP contribution in [0.2, 0.25) is 0 Å². The van der Waals surface area contributed by atoms with E-state index in [1.165, 1.54) is 5.56 Å². The third-order valence-electron chi connectivity index (χ3n) is 6.27. The minimum Gasteiger partial charge on any atom is -0.486 e. The van der Waals surface area contributed by atoms with Crippen LogP contribution in [0.25, 0.3) is 11.1 Å². The maximum atomic E-state index is 12.3. The standard InChI is InChI=1S/C31H37NO5/c1-20(2)17-29(24-9-11-25(12-10-24)31(36)32-16-15-30(34)35)37-27-13-14-28(26(18-27)19-33)23-7-5-22(6-8-23)21(3)4/h5-14,18,20-21,29,33H,15-17,19H2,1-4H3,(H,32,36)(H,34,35). The topological polar surface area (TPSA) is 95.9 Å². The first-order valence-corrected chi connectivity index (χ1v) is 12.8. The number of hydrogen-bond acceptors (Lipinski definition) is 4. The Hall–Kier alpha value is -3.64. The molecule has 0 saturated carbocycles. The highest BCUT2D eigenvalue weighted by Gasteiger charge is 2.18. The van der Waals surface area contributed by atoms with Crippen molar-refractivity contribution in [3.8, 4) is 16.9 Å². The molecule has 0 radical (unpaired) electrons. The van der Waals surface area contributed by atoms with Gasteiger partial charge in [0.05, 0.1) is 13.0 Å². The first kappa shape index (κ1) is 27.9. The zero-order chi connectivity index (χ0) is 26.9. The molecule has 0 bridgehead atoms. The Balaban J connectivity index is 1.78. The molecular formula is C31H37NO5. The average molecular weight is 504 g/mol. The molecule has 0 saturated heterocycles. The molecule has 6 heteroatoms. The van der Waals surface area contributed by atoms with E-state index in [1.807, 2.05) is 30.3 Å². The van der Waals surface area contributed by atoms with Crippen molar-refractivity contribution >= 4 is 11.9 Å². The molecule has 196 valence electrons. The van der Waals surface area contributed by atoms with Gasteiger partial charge in [0, 0.05) is 12.1 Å². The number of aliphatic hydroxyl groups excluding tert-OH is 1. The number of carbonyl (C=O) groups excluding carboxylic acids is 1. The normalized spacial score (nSPS) is 12.0. The summed E-state index contributed by atoms with van der Waals surface area (Å²) < 4.78 is 6.41. The number of aliphatic hydroxyl groups is 1. The van der Waals surface area contributed by atoms with E-state index in [2.05, 4.69) is 57.3 Å². The van der Waals surface area contributed by atoms with Crippen molar-refractivity contribution in [3.63, 3.8) is 0 Å². The van der Waals surface area contributed by atoms with Crippen LogP contribution in [0.15, 0.2) is 66.7 Å². The van der Waals surface area contributed by atoms with Crippen LogP contribution in [0, 0.1) is 5.92 Å². The fourth-order valence-electron chi connectivity index (χ4n) is 4.18. The molecule has 3 aromatic carbocycles. The van der Waals surface area contributed by atoms with Crippen LogP contribution in [0.1, 0.15) is 79.6 Å². The van der Waals surface area contributed by atoms with Gasteiger partial charge in [-0.3, -0.25) is 9.59 Å². The van der Waals surface area contributed by atoms with Crippen molar-refractivity contribution in [3.05, 3.63) is 89.0 Å². The molecule has 1 amide bonds. The minimum absolute atomic E-state index is 0.0834. The van der Waals surface area contributed by atoms with E-state index in [9.17, 15) is 14.7 Å². The highest BCUT2D eigenvalue weighted by atomic mass is 16.5. The molecule has 1 unspecified atom stereocenters. The lowest BCUT2D eigenvalue weighted by Crippen LogP contribution is -2.26. The van der Waals surface area contributed by atoms with E-state index in [0.717, 1.165) is 28.7 Å². The predicted octanol–water partition coefficient (Wildman–Crippen LogP) is 6.34. The maximum Gasteiger partial charge on any atom is 0.305 e. The Morgan fingerprint density at radius 3 is 2.11 bits per heavy atom. The molecule has 0 heterocycles. The van der Waals surface area contributed by atoms with Crippen LogP contribution in [0.5, 0.6) is 5.75 Å². The first-order chi connectivity index (χ1) is 17.7. The van der Waals surface area contributed by atoms with E-state index >= 15 is 0 Å². The molecule has 37 heavy (non-hydrogen) atoms. The van der Waals surface area contributed by atoms with Gasteiger partial charge in [-0.25, -0.2) is 0 Å². The fraction of sp³-hybridized carbons (Fsp3) is 0.355. The molecule has 6 nitrogen and oxygen atoms in total. The highest BCUT2D eigenvalue weighted by molar-refractivity contribution is 5.94. The number of benzene rings is 3. The SMILES string of the molecule is CC(C)CC(Oc1ccc(-c2ccc(C(C)C)cc2)c(CO)c1)c1ccc(C(=O)NCCC(=O)O)cc1. The molecule has 0 aliphatic carbocycles. The lowest BCUT2D eigenvalue weighted by molar-refractivity contribution is -0.136. The molecule has 0 aliphatic heterocycles. The summed E-state index contributed by atoms with van der Waals surface area (Å²) in [5.41, 5.74) is 5.50. The number of hydrogen-bond donors (Lipinski definition) is 3. The van der Waals surface area contributed by atoms with Crippen LogP contribution in [-0.4, -0.2) is 28.6 Å². The third kappa shape index (κ3) is 7.92. The minimum atomic E-state index is -0.953. The van der Waals surface area contributed by atoms with E-state index in [-0.39, 0.29) is 31.6 Å². The van der Waals surface area contributed by atoms with Crippen molar-refractivity contribution in [1.29, 1.82) is 0 Å². The van der Waals surface area contributed by atoms with Crippen molar-refractivity contribution in [2.75, 3.05) is 6.54 Å². The number of carboxylic acid groups (broad SMARTS) is 1. The lowest BCUT2D eigenvalue weighted by atomic mass is 9.95. The largest absolute Gasteiger partial charge is 0.486 e. The molecule has 1 atom stereocenters. The highest BCUT2D eigenvalue weighted by Crippen LogP contribution is 2.33. The molecule has 3 rings (SSSR count). The van der Waals surface area contributed by atoms with Gasteiger partial charge in [-0.2, -0.15) is 0 Å². The van der Waals surface area contributed by atoms with Crippen LogP contribution >= 0.6 is 0 Å². The smallest absolute Gasteiger partial charge is 0.305 e. The first-order valence-electron chi connectivity index (χ1n) is 12.8. The summed E-state index contributed by atoms with van der Waals surface area (Å²) in [6.45, 7) is 8.57. The number of carboxylic acids is 1. The van der Waals surface area contributed by atoms with E-state index < -0.39 is 5.97 Å². The van der Waals surface area contributed by atoms with Crippen LogP contribution in [-0.2, 0) is 11.4 Å². The van der Waals surface area contributed by atoms with Gasteiger partial charge in [0.25, 0.3) is 5.91 Å². The summed E-state index contributed by atoms with van der Waals surface area (Å²) >= 11 is 0. The number of rotatable bonds is 12. The predicted molar refractivity (Wildman–Crippen MR) is 146 cm³/mol. The Morgan fingerprint density at radius 2 is 1.54 bits per heavy atom. The van der Waals surface area contributed by atoms with Gasteiger partial charge in [0.1, 0.15) is 11.9 Å². The molecule has 0 aromatic heterocycles. The zero-order valence-electron chi connectivity index (χ0n) is 22.0. The Kier molecular flexibility index (Phi) is 9.86. The van der Waals surface area contributed by atoms with Gasteiger partial charge in [0.15, 0.2) is 0 Å².